The van der Waals surface area contributed by atoms with E-state index in [1.54, 1.807) is 26.1 Å². The highest BCUT2D eigenvalue weighted by molar-refractivity contribution is 5.93. The Hall–Kier alpha value is -7.04. The van der Waals surface area contributed by atoms with Gasteiger partial charge in [-0.2, -0.15) is 0 Å². The highest BCUT2D eigenvalue weighted by Gasteiger charge is 2.38. The first-order chi connectivity index (χ1) is 35.4. The fourth-order valence-corrected chi connectivity index (χ4v) is 8.58. The average molecular weight is 1050 g/mol. The summed E-state index contributed by atoms with van der Waals surface area (Å²) in [4.78, 5) is 105. The third kappa shape index (κ3) is 18.4. The molecule has 20 nitrogen and oxygen atoms in total. The van der Waals surface area contributed by atoms with Crippen molar-refractivity contribution in [1.29, 1.82) is 0 Å². The average Bonchev–Trinajstić information content (AvgIpc) is 3.91. The van der Waals surface area contributed by atoms with Gasteiger partial charge in [0.25, 0.3) is 0 Å². The van der Waals surface area contributed by atoms with Gasteiger partial charge in [-0.1, -0.05) is 71.4 Å². The summed E-state index contributed by atoms with van der Waals surface area (Å²) in [6.45, 7) is 9.93. The number of halogens is 2. The molecule has 75 heavy (non-hydrogen) atoms. The van der Waals surface area contributed by atoms with Gasteiger partial charge >= 0.3 is 5.97 Å². The van der Waals surface area contributed by atoms with E-state index in [0.717, 1.165) is 23.8 Å². The van der Waals surface area contributed by atoms with E-state index in [-0.39, 0.29) is 62.7 Å². The number of hydrogen-bond acceptors (Lipinski definition) is 11. The lowest BCUT2D eigenvalue weighted by Crippen LogP contribution is -2.56. The maximum absolute atomic E-state index is 15.1. The lowest BCUT2D eigenvalue weighted by Gasteiger charge is -2.41. The van der Waals surface area contributed by atoms with Crippen molar-refractivity contribution in [2.24, 2.45) is 17.1 Å². The topological polar surface area (TPSA) is 295 Å². The zero-order chi connectivity index (χ0) is 55.6. The van der Waals surface area contributed by atoms with Gasteiger partial charge in [-0.15, -0.1) is 0 Å². The van der Waals surface area contributed by atoms with Crippen LogP contribution < -0.4 is 32.3 Å². The number of rotatable bonds is 29. The Morgan fingerprint density at radius 1 is 0.827 bits per heavy atom. The summed E-state index contributed by atoms with van der Waals surface area (Å²) < 4.78 is 31.4. The van der Waals surface area contributed by atoms with E-state index in [4.69, 9.17) is 5.73 Å². The molecule has 0 saturated heterocycles. The van der Waals surface area contributed by atoms with Crippen LogP contribution in [0.4, 0.5) is 8.78 Å². The molecular formula is C53H73F2N9O11. The Balaban J connectivity index is 1.25. The largest absolute Gasteiger partial charge is 0.480 e. The predicted octanol–water partition coefficient (Wildman–Crippen LogP) is 2.61. The standard InChI is InChI=1S/C53H73F2N9O11/c1-32(2)47(61-43(67)15-11-8-12-25-63-44(68)20-21-45(63)69)51(73)59-33(3)49(71)60-40(52(74)75)18-19-42(66)57-23-24-58-50(72)39(56)22-26-64(46(70)31-65)48(53(4,5)6)41-27-35(37-28-36(54)16-17-38(37)55)30-62(41)29-34-13-9-7-10-14-34/h7,9-10,13-14,16-17,20-21,27-28,30,32-33,39-40,44,47-48,65,68H,8,11-12,15,18-19,22-26,29,31,56H2,1-6H3,(H,57,66)(H,58,72)(H,59,73)(H,60,71)(H,61,67)(H,74,75)/t33-,39-,40-,44?,47-,48-/m0/s1. The van der Waals surface area contributed by atoms with Gasteiger partial charge in [0.05, 0.1) is 12.1 Å². The molecule has 1 aliphatic heterocycles. The molecule has 6 atom stereocenters. The smallest absolute Gasteiger partial charge is 0.326 e. The second-order valence-electron chi connectivity index (χ2n) is 20.0. The van der Waals surface area contributed by atoms with Crippen LogP contribution in [0, 0.1) is 23.0 Å². The number of aliphatic hydroxyl groups excluding tert-OH is 2. The zero-order valence-corrected chi connectivity index (χ0v) is 43.4. The first kappa shape index (κ1) is 60.5. The van der Waals surface area contributed by atoms with Gasteiger partial charge in [-0.05, 0) is 79.8 Å². The number of aromatic nitrogens is 1. The van der Waals surface area contributed by atoms with Crippen LogP contribution in [0.2, 0.25) is 0 Å². The minimum atomic E-state index is -1.51. The fourth-order valence-electron chi connectivity index (χ4n) is 8.58. The Morgan fingerprint density at radius 3 is 2.15 bits per heavy atom. The number of hydrogen-bond donors (Lipinski definition) is 9. The van der Waals surface area contributed by atoms with Crippen LogP contribution in [-0.2, 0) is 44.9 Å². The van der Waals surface area contributed by atoms with Crippen molar-refractivity contribution in [2.45, 2.75) is 129 Å². The third-order valence-electron chi connectivity index (χ3n) is 12.6. The van der Waals surface area contributed by atoms with Crippen LogP contribution in [0.1, 0.15) is 104 Å². The summed E-state index contributed by atoms with van der Waals surface area (Å²) in [5.74, 6) is -7.13. The Bertz CT molecular complexity index is 2500. The maximum atomic E-state index is 15.1. The minimum absolute atomic E-state index is 0.0197. The van der Waals surface area contributed by atoms with E-state index < -0.39 is 102 Å². The summed E-state index contributed by atoms with van der Waals surface area (Å²) in [5.41, 5.74) is 7.43. The van der Waals surface area contributed by atoms with Gasteiger partial charge in [0.1, 0.15) is 42.6 Å². The van der Waals surface area contributed by atoms with Crippen molar-refractivity contribution in [2.75, 3.05) is 32.8 Å². The molecular weight excluding hydrogens is 977 g/mol. The summed E-state index contributed by atoms with van der Waals surface area (Å²) in [7, 11) is 0. The van der Waals surface area contributed by atoms with Crippen molar-refractivity contribution in [3.8, 4) is 11.1 Å². The number of nitrogens with one attached hydrogen (secondary N) is 5. The summed E-state index contributed by atoms with van der Waals surface area (Å²) in [6, 6.07) is 8.58. The number of carboxylic acid groups (broad SMARTS) is 1. The van der Waals surface area contributed by atoms with Gasteiger partial charge in [-0.25, -0.2) is 13.6 Å². The predicted molar refractivity (Wildman–Crippen MR) is 273 cm³/mol. The molecule has 1 unspecified atom stereocenters. The lowest BCUT2D eigenvalue weighted by molar-refractivity contribution is -0.142. The number of carbonyl (C=O) groups is 8. The molecule has 2 heterocycles. The van der Waals surface area contributed by atoms with E-state index in [1.807, 2.05) is 55.7 Å². The normalized spacial score (nSPS) is 15.4. The minimum Gasteiger partial charge on any atom is -0.480 e. The molecule has 1 aromatic heterocycles. The molecule has 0 aliphatic carbocycles. The lowest BCUT2D eigenvalue weighted by atomic mass is 9.82. The van der Waals surface area contributed by atoms with Crippen molar-refractivity contribution < 1.29 is 62.5 Å². The Morgan fingerprint density at radius 2 is 1.52 bits per heavy atom. The Kier molecular flexibility index (Phi) is 23.1. The number of aliphatic hydroxyl groups is 2. The number of carbonyl (C=O) groups excluding carboxylic acids is 7. The van der Waals surface area contributed by atoms with Gasteiger partial charge in [-0.3, -0.25) is 33.6 Å². The summed E-state index contributed by atoms with van der Waals surface area (Å²) in [5, 5.41) is 42.5. The van der Waals surface area contributed by atoms with Crippen LogP contribution in [0.3, 0.4) is 0 Å². The second-order valence-corrected chi connectivity index (χ2v) is 20.0. The van der Waals surface area contributed by atoms with Crippen LogP contribution in [0.25, 0.3) is 11.1 Å². The number of aliphatic carboxylic acids is 1. The van der Waals surface area contributed by atoms with E-state index in [2.05, 4.69) is 26.6 Å². The number of nitrogens with two attached hydrogens (primary N) is 1. The fraction of sp³-hybridized carbons (Fsp3) is 0.509. The zero-order valence-electron chi connectivity index (χ0n) is 43.4. The molecule has 410 valence electrons. The molecule has 0 bridgehead atoms. The van der Waals surface area contributed by atoms with E-state index in [9.17, 15) is 58.1 Å². The number of nitrogens with zero attached hydrogens (tertiary/aromatic N) is 3. The molecule has 0 saturated carbocycles. The van der Waals surface area contributed by atoms with Gasteiger partial charge in [0, 0.05) is 74.7 Å². The molecule has 4 rings (SSSR count). The quantitative estimate of drug-likeness (QED) is 0.0454. The highest BCUT2D eigenvalue weighted by Crippen LogP contribution is 2.41. The van der Waals surface area contributed by atoms with Crippen LogP contribution in [0.15, 0.2) is 72.9 Å². The molecule has 0 fully saturated rings. The van der Waals surface area contributed by atoms with Crippen LogP contribution in [0.5, 0.6) is 0 Å². The van der Waals surface area contributed by atoms with Crippen molar-refractivity contribution in [3.63, 3.8) is 0 Å². The molecule has 1 aliphatic rings. The van der Waals surface area contributed by atoms with E-state index in [1.165, 1.54) is 28.9 Å². The Labute approximate surface area is 435 Å². The highest BCUT2D eigenvalue weighted by atomic mass is 19.1. The summed E-state index contributed by atoms with van der Waals surface area (Å²) >= 11 is 0. The molecule has 2 aromatic carbocycles. The summed E-state index contributed by atoms with van der Waals surface area (Å²) in [6.07, 6.45) is 4.40. The van der Waals surface area contributed by atoms with Gasteiger partial charge in [0.2, 0.25) is 41.4 Å². The number of unbranched alkanes of at least 4 members (excludes halogenated alkanes) is 2. The monoisotopic (exact) mass is 1050 g/mol. The second kappa shape index (κ2) is 28.6. The van der Waals surface area contributed by atoms with Crippen LogP contribution in [-0.4, -0.2) is 140 Å². The molecule has 22 heteroatoms. The van der Waals surface area contributed by atoms with Crippen LogP contribution >= 0.6 is 0 Å². The maximum Gasteiger partial charge on any atom is 0.326 e. The van der Waals surface area contributed by atoms with Gasteiger partial charge in [0.15, 0.2) is 0 Å². The van der Waals surface area contributed by atoms with E-state index >= 15 is 4.39 Å². The van der Waals surface area contributed by atoms with E-state index in [0.29, 0.717) is 43.6 Å². The molecule has 7 amide bonds. The van der Waals surface area contributed by atoms with Crippen molar-refractivity contribution >= 4 is 47.3 Å². The van der Waals surface area contributed by atoms with Gasteiger partial charge < -0.3 is 62.0 Å². The van der Waals surface area contributed by atoms with Crippen molar-refractivity contribution in [3.05, 3.63) is 95.8 Å². The third-order valence-corrected chi connectivity index (χ3v) is 12.6. The van der Waals surface area contributed by atoms with Crippen molar-refractivity contribution in [1.82, 2.24) is 41.0 Å². The molecule has 0 spiro atoms. The first-order valence-corrected chi connectivity index (χ1v) is 25.1. The molecule has 3 aromatic rings. The molecule has 0 radical (unpaired) electrons. The first-order valence-electron chi connectivity index (χ1n) is 25.1. The number of carboxylic acids is 1. The SMILES string of the molecule is CC(C)[C@H](NC(=O)CCCCCN1C(=O)C=CC1O)C(=O)N[C@@H](C)C(=O)N[C@@H](CCC(=O)NCCNC(=O)[C@@H](N)CCN(C(=O)CO)[C@@H](c1cc(-c2cc(F)ccc2F)cn1Cc1ccccc1)C(C)(C)C)C(=O)O. The number of benzene rings is 2. The number of amides is 7. The molecule has 10 N–H and O–H groups in total.